The lowest BCUT2D eigenvalue weighted by molar-refractivity contribution is -0.136. The summed E-state index contributed by atoms with van der Waals surface area (Å²) in [6, 6.07) is 0.0681. The molecule has 0 aliphatic heterocycles. The third-order valence-corrected chi connectivity index (χ3v) is 5.07. The van der Waals surface area contributed by atoms with E-state index in [4.69, 9.17) is 0 Å². The number of H-pyrrole nitrogens is 1. The zero-order chi connectivity index (χ0) is 20.1. The monoisotopic (exact) mass is 385 g/mol. The summed E-state index contributed by atoms with van der Waals surface area (Å²) >= 11 is 0. The van der Waals surface area contributed by atoms with E-state index >= 15 is 0 Å². The van der Waals surface area contributed by atoms with Crippen LogP contribution in [0.5, 0.6) is 0 Å². The van der Waals surface area contributed by atoms with Gasteiger partial charge in [0.15, 0.2) is 0 Å². The van der Waals surface area contributed by atoms with Crippen LogP contribution in [-0.4, -0.2) is 56.8 Å². The highest BCUT2D eigenvalue weighted by Crippen LogP contribution is 2.26. The normalized spacial score (nSPS) is 19.1. The molecule has 9 nitrogen and oxygen atoms in total. The highest BCUT2D eigenvalue weighted by molar-refractivity contribution is 5.93. The van der Waals surface area contributed by atoms with Crippen molar-refractivity contribution < 1.29 is 9.59 Å². The summed E-state index contributed by atoms with van der Waals surface area (Å²) in [5, 5.41) is 5.84. The molecule has 2 amide bonds. The first-order valence-electron chi connectivity index (χ1n) is 9.52. The standard InChI is InChI=1S/C19H27N7O2/c1-12-8-21-16(24-12)11-26(3)18(28)13-4-6-15(7-5-13)25-17(27)14-9-22-19(20-2)23-10-14/h8-10,13,15H,4-7,11H2,1-3H3,(H,21,24)(H,25,27)(H,20,22,23). The van der Waals surface area contributed by atoms with Gasteiger partial charge in [-0.25, -0.2) is 15.0 Å². The largest absolute Gasteiger partial charge is 0.357 e. The zero-order valence-electron chi connectivity index (χ0n) is 16.5. The van der Waals surface area contributed by atoms with Crippen LogP contribution in [0.4, 0.5) is 5.95 Å². The topological polar surface area (TPSA) is 116 Å². The molecule has 0 unspecified atom stereocenters. The van der Waals surface area contributed by atoms with E-state index in [-0.39, 0.29) is 23.8 Å². The van der Waals surface area contributed by atoms with E-state index in [1.165, 1.54) is 12.4 Å². The Balaban J connectivity index is 1.46. The number of nitrogens with one attached hydrogen (secondary N) is 3. The predicted molar refractivity (Wildman–Crippen MR) is 105 cm³/mol. The lowest BCUT2D eigenvalue weighted by Crippen LogP contribution is -2.41. The summed E-state index contributed by atoms with van der Waals surface area (Å²) < 4.78 is 0. The van der Waals surface area contributed by atoms with E-state index in [0.29, 0.717) is 18.1 Å². The maximum absolute atomic E-state index is 12.7. The third kappa shape index (κ3) is 4.85. The minimum Gasteiger partial charge on any atom is -0.357 e. The Labute approximate surface area is 164 Å². The van der Waals surface area contributed by atoms with Gasteiger partial charge in [0.2, 0.25) is 11.9 Å². The van der Waals surface area contributed by atoms with Gasteiger partial charge in [0.25, 0.3) is 5.91 Å². The van der Waals surface area contributed by atoms with Gasteiger partial charge in [0, 0.05) is 50.3 Å². The molecule has 2 aromatic rings. The number of nitrogens with zero attached hydrogens (tertiary/aromatic N) is 4. The van der Waals surface area contributed by atoms with E-state index in [0.717, 1.165) is 37.2 Å². The fourth-order valence-corrected chi connectivity index (χ4v) is 3.49. The number of aromatic amines is 1. The molecule has 0 radical (unpaired) electrons. The van der Waals surface area contributed by atoms with Gasteiger partial charge in [0.05, 0.1) is 12.1 Å². The second-order valence-electron chi connectivity index (χ2n) is 7.27. The number of hydrogen-bond acceptors (Lipinski definition) is 6. The van der Waals surface area contributed by atoms with Crippen LogP contribution in [-0.2, 0) is 11.3 Å². The van der Waals surface area contributed by atoms with Crippen molar-refractivity contribution in [3.05, 3.63) is 35.7 Å². The first-order valence-corrected chi connectivity index (χ1v) is 9.52. The van der Waals surface area contributed by atoms with Crippen molar-refractivity contribution in [2.24, 2.45) is 5.92 Å². The molecule has 28 heavy (non-hydrogen) atoms. The maximum Gasteiger partial charge on any atom is 0.254 e. The molecule has 0 atom stereocenters. The van der Waals surface area contributed by atoms with Crippen molar-refractivity contribution in [2.45, 2.75) is 45.2 Å². The summed E-state index contributed by atoms with van der Waals surface area (Å²) in [6.07, 6.45) is 7.87. The molecule has 2 heterocycles. The van der Waals surface area contributed by atoms with E-state index in [1.807, 2.05) is 14.0 Å². The Morgan fingerprint density at radius 1 is 1.14 bits per heavy atom. The molecule has 3 N–H and O–H groups in total. The Morgan fingerprint density at radius 3 is 2.39 bits per heavy atom. The Bertz CT molecular complexity index is 810. The van der Waals surface area contributed by atoms with Crippen LogP contribution in [0.2, 0.25) is 0 Å². The number of rotatable bonds is 6. The van der Waals surface area contributed by atoms with Crippen LogP contribution >= 0.6 is 0 Å². The van der Waals surface area contributed by atoms with Crippen LogP contribution in [0.25, 0.3) is 0 Å². The Kier molecular flexibility index (Phi) is 6.23. The highest BCUT2D eigenvalue weighted by atomic mass is 16.2. The SMILES string of the molecule is CNc1ncc(C(=O)NC2CCC(C(=O)N(C)Cc3ncc(C)[nH]3)CC2)cn1. The molecule has 150 valence electrons. The molecule has 9 heteroatoms. The van der Waals surface area contributed by atoms with Crippen molar-refractivity contribution in [3.63, 3.8) is 0 Å². The van der Waals surface area contributed by atoms with Gasteiger partial charge in [0.1, 0.15) is 5.82 Å². The molecular weight excluding hydrogens is 358 g/mol. The van der Waals surface area contributed by atoms with E-state index in [9.17, 15) is 9.59 Å². The van der Waals surface area contributed by atoms with Crippen LogP contribution in [0.1, 0.15) is 47.6 Å². The number of carbonyl (C=O) groups is 2. The first kappa shape index (κ1) is 19.8. The lowest BCUT2D eigenvalue weighted by atomic mass is 9.85. The quantitative estimate of drug-likeness (QED) is 0.694. The molecule has 1 fully saturated rings. The number of aromatic nitrogens is 4. The van der Waals surface area contributed by atoms with Crippen LogP contribution in [0, 0.1) is 12.8 Å². The van der Waals surface area contributed by atoms with Crippen LogP contribution in [0.3, 0.4) is 0 Å². The Hall–Kier alpha value is -2.97. The van der Waals surface area contributed by atoms with E-state index in [1.54, 1.807) is 18.1 Å². The zero-order valence-corrected chi connectivity index (χ0v) is 16.5. The molecule has 3 rings (SSSR count). The Morgan fingerprint density at radius 2 is 1.82 bits per heavy atom. The predicted octanol–water partition coefficient (Wildman–Crippen LogP) is 1.50. The number of aryl methyl sites for hydroxylation is 1. The number of imidazole rings is 1. The molecule has 0 spiro atoms. The van der Waals surface area contributed by atoms with Crippen LogP contribution in [0.15, 0.2) is 18.6 Å². The van der Waals surface area contributed by atoms with Gasteiger partial charge in [-0.05, 0) is 32.6 Å². The van der Waals surface area contributed by atoms with Crippen molar-refractivity contribution in [1.29, 1.82) is 0 Å². The summed E-state index contributed by atoms with van der Waals surface area (Å²) in [4.78, 5) is 42.3. The smallest absolute Gasteiger partial charge is 0.254 e. The average Bonchev–Trinajstić information content (AvgIpc) is 3.12. The van der Waals surface area contributed by atoms with Gasteiger partial charge in [-0.2, -0.15) is 0 Å². The molecule has 0 bridgehead atoms. The van der Waals surface area contributed by atoms with Crippen molar-refractivity contribution in [2.75, 3.05) is 19.4 Å². The highest BCUT2D eigenvalue weighted by Gasteiger charge is 2.29. The summed E-state index contributed by atoms with van der Waals surface area (Å²) in [5.41, 5.74) is 1.42. The molecule has 0 saturated heterocycles. The molecule has 0 aromatic carbocycles. The van der Waals surface area contributed by atoms with Crippen molar-refractivity contribution in [1.82, 2.24) is 30.2 Å². The average molecular weight is 385 g/mol. The lowest BCUT2D eigenvalue weighted by Gasteiger charge is -2.30. The number of anilines is 1. The fraction of sp³-hybridized carbons (Fsp3) is 0.526. The molecule has 1 aliphatic rings. The second-order valence-corrected chi connectivity index (χ2v) is 7.27. The minimum atomic E-state index is -0.178. The number of hydrogen-bond donors (Lipinski definition) is 3. The molecule has 1 aliphatic carbocycles. The van der Waals surface area contributed by atoms with Gasteiger partial charge in [-0.1, -0.05) is 0 Å². The molecule has 2 aromatic heterocycles. The maximum atomic E-state index is 12.7. The van der Waals surface area contributed by atoms with E-state index in [2.05, 4.69) is 30.6 Å². The van der Waals surface area contributed by atoms with E-state index < -0.39 is 0 Å². The van der Waals surface area contributed by atoms with Gasteiger partial charge in [-0.3, -0.25) is 9.59 Å². The minimum absolute atomic E-state index is 0.00698. The van der Waals surface area contributed by atoms with Gasteiger partial charge >= 0.3 is 0 Å². The summed E-state index contributed by atoms with van der Waals surface area (Å²) in [6.45, 7) is 2.42. The van der Waals surface area contributed by atoms with Crippen molar-refractivity contribution >= 4 is 17.8 Å². The van der Waals surface area contributed by atoms with Gasteiger partial charge in [-0.15, -0.1) is 0 Å². The van der Waals surface area contributed by atoms with Crippen molar-refractivity contribution in [3.8, 4) is 0 Å². The molecular formula is C19H27N7O2. The second kappa shape index (κ2) is 8.81. The molecule has 1 saturated carbocycles. The number of carbonyl (C=O) groups excluding carboxylic acids is 2. The summed E-state index contributed by atoms with van der Waals surface area (Å²) in [7, 11) is 3.53. The third-order valence-electron chi connectivity index (χ3n) is 5.07. The van der Waals surface area contributed by atoms with Gasteiger partial charge < -0.3 is 20.5 Å². The van der Waals surface area contributed by atoms with Crippen LogP contribution < -0.4 is 10.6 Å². The number of amides is 2. The first-order chi connectivity index (χ1) is 13.5. The fourth-order valence-electron chi connectivity index (χ4n) is 3.49. The summed E-state index contributed by atoms with van der Waals surface area (Å²) in [5.74, 6) is 1.22.